The highest BCUT2D eigenvalue weighted by atomic mass is 32.1. The number of fused-ring (bicyclic) bond motifs is 1. The summed E-state index contributed by atoms with van der Waals surface area (Å²) in [6.07, 6.45) is 4.04. The van der Waals surface area contributed by atoms with Gasteiger partial charge < -0.3 is 19.5 Å². The van der Waals surface area contributed by atoms with E-state index in [-0.39, 0.29) is 18.1 Å². The van der Waals surface area contributed by atoms with Crippen molar-refractivity contribution in [3.8, 4) is 5.75 Å². The summed E-state index contributed by atoms with van der Waals surface area (Å²) >= 11 is 1.44. The largest absolute Gasteiger partial charge is 0.491 e. The van der Waals surface area contributed by atoms with Gasteiger partial charge in [0, 0.05) is 37.8 Å². The average Bonchev–Trinajstić information content (AvgIpc) is 3.57. The van der Waals surface area contributed by atoms with E-state index in [9.17, 15) is 4.79 Å². The molecular formula is C29H32N4O4S. The molecule has 2 unspecified atom stereocenters. The van der Waals surface area contributed by atoms with Gasteiger partial charge in [0.15, 0.2) is 0 Å². The Kier molecular flexibility index (Phi) is 8.50. The van der Waals surface area contributed by atoms with Crippen molar-refractivity contribution in [1.82, 2.24) is 15.1 Å². The molecule has 4 aromatic rings. The van der Waals surface area contributed by atoms with Crippen LogP contribution in [0.4, 0.5) is 5.69 Å². The van der Waals surface area contributed by atoms with Crippen LogP contribution in [0.15, 0.2) is 66.1 Å². The summed E-state index contributed by atoms with van der Waals surface area (Å²) in [4.78, 5) is 15.5. The number of aryl methyl sites for hydroxylation is 1. The van der Waals surface area contributed by atoms with Crippen LogP contribution in [0.1, 0.15) is 20.9 Å². The summed E-state index contributed by atoms with van der Waals surface area (Å²) in [5.41, 5.74) is 3.65. The van der Waals surface area contributed by atoms with E-state index in [1.165, 1.54) is 11.3 Å². The molecule has 1 amide bonds. The Morgan fingerprint density at radius 2 is 2.11 bits per heavy atom. The number of H-pyrrole nitrogens is 1. The maximum atomic E-state index is 12.4. The normalized spacial score (nSPS) is 17.2. The van der Waals surface area contributed by atoms with Crippen molar-refractivity contribution in [3.63, 3.8) is 0 Å². The van der Waals surface area contributed by atoms with Gasteiger partial charge in [-0.15, -0.1) is 11.3 Å². The minimum Gasteiger partial charge on any atom is -0.491 e. The molecule has 5 rings (SSSR count). The molecule has 9 heteroatoms. The fraction of sp³-hybridized carbons (Fsp3) is 0.310. The lowest BCUT2D eigenvalue weighted by atomic mass is 10.1. The smallest absolute Gasteiger partial charge is 0.265 e. The third-order valence-corrected chi connectivity index (χ3v) is 7.57. The number of carbonyl (C=O) groups is 1. The Morgan fingerprint density at radius 3 is 2.89 bits per heavy atom. The van der Waals surface area contributed by atoms with Gasteiger partial charge in [0.25, 0.3) is 5.91 Å². The molecule has 2 aromatic heterocycles. The Morgan fingerprint density at radius 1 is 1.26 bits per heavy atom. The van der Waals surface area contributed by atoms with E-state index in [4.69, 9.17) is 14.2 Å². The molecule has 2 N–H and O–H groups in total. The minimum atomic E-state index is -0.0952. The van der Waals surface area contributed by atoms with Gasteiger partial charge >= 0.3 is 0 Å². The highest BCUT2D eigenvalue weighted by Gasteiger charge is 2.22. The highest BCUT2D eigenvalue weighted by molar-refractivity contribution is 7.12. The van der Waals surface area contributed by atoms with Crippen LogP contribution in [0.25, 0.3) is 17.0 Å². The number of methoxy groups -OCH3 is 1. The van der Waals surface area contributed by atoms with Crippen molar-refractivity contribution in [2.24, 2.45) is 0 Å². The fourth-order valence-electron chi connectivity index (χ4n) is 4.42. The van der Waals surface area contributed by atoms with Crippen molar-refractivity contribution >= 4 is 39.9 Å². The van der Waals surface area contributed by atoms with Crippen molar-refractivity contribution in [3.05, 3.63) is 82.2 Å². The van der Waals surface area contributed by atoms with Gasteiger partial charge in [-0.1, -0.05) is 24.3 Å². The van der Waals surface area contributed by atoms with Crippen LogP contribution in [0.3, 0.4) is 0 Å². The first-order chi connectivity index (χ1) is 18.6. The molecule has 0 radical (unpaired) electrons. The summed E-state index contributed by atoms with van der Waals surface area (Å²) in [6.45, 7) is 5.38. The predicted octanol–water partition coefficient (Wildman–Crippen LogP) is 4.99. The van der Waals surface area contributed by atoms with E-state index >= 15 is 0 Å². The second kappa shape index (κ2) is 12.4. The maximum Gasteiger partial charge on any atom is 0.265 e. The van der Waals surface area contributed by atoms with Gasteiger partial charge in [-0.25, -0.2) is 0 Å². The molecule has 1 saturated heterocycles. The number of hydrogen-bond donors (Lipinski definition) is 2. The van der Waals surface area contributed by atoms with Gasteiger partial charge in [0.05, 0.1) is 28.8 Å². The lowest BCUT2D eigenvalue weighted by Crippen LogP contribution is -2.46. The summed E-state index contributed by atoms with van der Waals surface area (Å²) in [5, 5.41) is 13.4. The van der Waals surface area contributed by atoms with E-state index in [0.29, 0.717) is 13.2 Å². The molecule has 1 fully saturated rings. The van der Waals surface area contributed by atoms with Gasteiger partial charge in [-0.05, 0) is 60.3 Å². The molecule has 1 aliphatic heterocycles. The van der Waals surface area contributed by atoms with E-state index in [2.05, 4.69) is 32.6 Å². The van der Waals surface area contributed by atoms with E-state index < -0.39 is 0 Å². The SMILES string of the molecule is COC(COc1ccc(NC(=O)c2sccc2C)cc1)CN1CCOC(/C=C/c2[nH]nc3ccccc23)C1. The average molecular weight is 533 g/mol. The number of nitrogens with one attached hydrogen (secondary N) is 2. The summed E-state index contributed by atoms with van der Waals surface area (Å²) in [5.74, 6) is 0.633. The Labute approximate surface area is 226 Å². The van der Waals surface area contributed by atoms with Crippen LogP contribution in [0, 0.1) is 6.92 Å². The van der Waals surface area contributed by atoms with Crippen LogP contribution in [-0.2, 0) is 9.47 Å². The lowest BCUT2D eigenvalue weighted by molar-refractivity contribution is -0.0333. The van der Waals surface area contributed by atoms with Crippen LogP contribution < -0.4 is 10.1 Å². The topological polar surface area (TPSA) is 88.7 Å². The molecule has 0 spiro atoms. The maximum absolute atomic E-state index is 12.4. The lowest BCUT2D eigenvalue weighted by Gasteiger charge is -2.33. The zero-order valence-electron chi connectivity index (χ0n) is 21.6. The number of para-hydroxylation sites is 1. The predicted molar refractivity (Wildman–Crippen MR) is 151 cm³/mol. The van der Waals surface area contributed by atoms with Crippen molar-refractivity contribution in [1.29, 1.82) is 0 Å². The third-order valence-electron chi connectivity index (χ3n) is 6.56. The standard InChI is InChI=1S/C29H32N4O4S/c1-20-13-16-38-28(20)29(34)30-21-7-9-22(10-8-21)37-19-24(35-2)18-33-14-15-36-23(17-33)11-12-27-25-5-3-4-6-26(25)31-32-27/h3-13,16,23-24H,14-15,17-19H2,1-2H3,(H,30,34)(H,31,32)/b12-11+. The Hall–Kier alpha value is -3.50. The first kappa shape index (κ1) is 26.1. The molecule has 0 saturated carbocycles. The third kappa shape index (κ3) is 6.49. The van der Waals surface area contributed by atoms with Gasteiger partial charge in [-0.3, -0.25) is 14.8 Å². The molecule has 0 bridgehead atoms. The summed E-state index contributed by atoms with van der Waals surface area (Å²) < 4.78 is 17.7. The number of rotatable bonds is 10. The molecule has 2 aromatic carbocycles. The number of thiophene rings is 1. The van der Waals surface area contributed by atoms with E-state index in [0.717, 1.165) is 58.1 Å². The number of hydrogen-bond acceptors (Lipinski definition) is 7. The molecule has 0 aliphatic carbocycles. The van der Waals surface area contributed by atoms with Gasteiger partial charge in [0.2, 0.25) is 0 Å². The van der Waals surface area contributed by atoms with Crippen molar-refractivity contribution in [2.75, 3.05) is 45.3 Å². The van der Waals surface area contributed by atoms with Crippen molar-refractivity contribution in [2.45, 2.75) is 19.1 Å². The highest BCUT2D eigenvalue weighted by Crippen LogP contribution is 2.21. The zero-order valence-corrected chi connectivity index (χ0v) is 22.4. The Balaban J connectivity index is 1.10. The quantitative estimate of drug-likeness (QED) is 0.299. The number of carbonyl (C=O) groups excluding carboxylic acids is 1. The number of aromatic nitrogens is 2. The van der Waals surface area contributed by atoms with Crippen LogP contribution in [0.5, 0.6) is 5.75 Å². The van der Waals surface area contributed by atoms with Crippen LogP contribution in [0.2, 0.25) is 0 Å². The number of benzene rings is 2. The first-order valence-corrected chi connectivity index (χ1v) is 13.5. The zero-order chi connectivity index (χ0) is 26.3. The molecule has 198 valence electrons. The number of morpholine rings is 1. The van der Waals surface area contributed by atoms with Crippen LogP contribution in [-0.4, -0.2) is 73.2 Å². The molecule has 2 atom stereocenters. The van der Waals surface area contributed by atoms with E-state index in [1.807, 2.05) is 66.9 Å². The van der Waals surface area contributed by atoms with Gasteiger partial charge in [-0.2, -0.15) is 5.10 Å². The second-order valence-corrected chi connectivity index (χ2v) is 10.2. The molecule has 1 aliphatic rings. The first-order valence-electron chi connectivity index (χ1n) is 12.7. The summed E-state index contributed by atoms with van der Waals surface area (Å²) in [6, 6.07) is 17.4. The fourth-order valence-corrected chi connectivity index (χ4v) is 5.24. The monoisotopic (exact) mass is 532 g/mol. The number of nitrogens with zero attached hydrogens (tertiary/aromatic N) is 2. The minimum absolute atomic E-state index is 0.00930. The van der Waals surface area contributed by atoms with Crippen molar-refractivity contribution < 1.29 is 19.0 Å². The van der Waals surface area contributed by atoms with Crippen LogP contribution >= 0.6 is 11.3 Å². The second-order valence-electron chi connectivity index (χ2n) is 9.26. The molecule has 38 heavy (non-hydrogen) atoms. The summed E-state index contributed by atoms with van der Waals surface area (Å²) in [7, 11) is 1.71. The number of aromatic amines is 1. The number of amides is 1. The van der Waals surface area contributed by atoms with Gasteiger partial charge in [0.1, 0.15) is 18.5 Å². The molecular weight excluding hydrogens is 500 g/mol. The Bertz CT molecular complexity index is 1380. The van der Waals surface area contributed by atoms with E-state index in [1.54, 1.807) is 7.11 Å². The molecule has 3 heterocycles. The number of ether oxygens (including phenoxy) is 3. The number of anilines is 1. The molecule has 8 nitrogen and oxygen atoms in total.